The minimum Gasteiger partial charge on any atom is -0.465 e. The third-order valence-corrected chi connectivity index (χ3v) is 2.53. The number of piperazine rings is 1. The largest absolute Gasteiger partial charge is 0.465 e. The SMILES string of the molecule is CCOC(=O)C1CNCCN1C(C)C#N. The Labute approximate surface area is 90.0 Å². The van der Waals surface area contributed by atoms with E-state index in [-0.39, 0.29) is 18.1 Å². The number of rotatable bonds is 3. The molecule has 0 aromatic carbocycles. The van der Waals surface area contributed by atoms with Crippen LogP contribution in [-0.2, 0) is 9.53 Å². The molecule has 5 heteroatoms. The Morgan fingerprint density at radius 1 is 1.80 bits per heavy atom. The number of carbonyl (C=O) groups is 1. The number of hydrogen-bond acceptors (Lipinski definition) is 5. The Hall–Kier alpha value is -1.12. The third kappa shape index (κ3) is 2.91. The average molecular weight is 211 g/mol. The summed E-state index contributed by atoms with van der Waals surface area (Å²) < 4.78 is 4.98. The van der Waals surface area contributed by atoms with Crippen molar-refractivity contribution in [2.24, 2.45) is 0 Å². The normalized spacial score (nSPS) is 24.2. The molecule has 0 aromatic rings. The van der Waals surface area contributed by atoms with E-state index in [1.807, 2.05) is 4.90 Å². The van der Waals surface area contributed by atoms with Crippen molar-refractivity contribution in [2.75, 3.05) is 26.2 Å². The van der Waals surface area contributed by atoms with Gasteiger partial charge in [-0.3, -0.25) is 9.69 Å². The third-order valence-electron chi connectivity index (χ3n) is 2.53. The molecule has 1 N–H and O–H groups in total. The second kappa shape index (κ2) is 5.69. The Kier molecular flexibility index (Phi) is 4.53. The van der Waals surface area contributed by atoms with E-state index in [1.54, 1.807) is 13.8 Å². The van der Waals surface area contributed by atoms with Gasteiger partial charge in [0.05, 0.1) is 18.7 Å². The quantitative estimate of drug-likeness (QED) is 0.651. The second-order valence-corrected chi connectivity index (χ2v) is 3.51. The van der Waals surface area contributed by atoms with Crippen LogP contribution in [0.15, 0.2) is 0 Å². The number of carbonyl (C=O) groups excluding carboxylic acids is 1. The zero-order chi connectivity index (χ0) is 11.3. The fourth-order valence-electron chi connectivity index (χ4n) is 1.71. The van der Waals surface area contributed by atoms with Gasteiger partial charge >= 0.3 is 5.97 Å². The number of ether oxygens (including phenoxy) is 1. The Morgan fingerprint density at radius 3 is 3.13 bits per heavy atom. The molecule has 0 spiro atoms. The summed E-state index contributed by atoms with van der Waals surface area (Å²) in [7, 11) is 0. The minimum absolute atomic E-state index is 0.244. The fourth-order valence-corrected chi connectivity index (χ4v) is 1.71. The van der Waals surface area contributed by atoms with Crippen LogP contribution in [0.25, 0.3) is 0 Å². The van der Waals surface area contributed by atoms with Crippen LogP contribution in [0.4, 0.5) is 0 Å². The van der Waals surface area contributed by atoms with Crippen molar-refractivity contribution in [1.29, 1.82) is 5.26 Å². The molecule has 0 radical (unpaired) electrons. The topological polar surface area (TPSA) is 65.4 Å². The zero-order valence-electron chi connectivity index (χ0n) is 9.19. The van der Waals surface area contributed by atoms with Gasteiger partial charge in [-0.1, -0.05) is 0 Å². The van der Waals surface area contributed by atoms with Crippen LogP contribution >= 0.6 is 0 Å². The minimum atomic E-state index is -0.326. The van der Waals surface area contributed by atoms with Crippen molar-refractivity contribution in [3.63, 3.8) is 0 Å². The zero-order valence-corrected chi connectivity index (χ0v) is 9.19. The summed E-state index contributed by atoms with van der Waals surface area (Å²) in [5.41, 5.74) is 0. The maximum Gasteiger partial charge on any atom is 0.324 e. The standard InChI is InChI=1S/C10H17N3O2/c1-3-15-10(14)9-7-12-4-5-13(9)8(2)6-11/h8-9,12H,3-5,7H2,1-2H3. The Morgan fingerprint density at radius 2 is 2.53 bits per heavy atom. The summed E-state index contributed by atoms with van der Waals surface area (Å²) in [6.45, 7) is 6.04. The maximum atomic E-state index is 11.6. The summed E-state index contributed by atoms with van der Waals surface area (Å²) in [5.74, 6) is -0.244. The molecule has 0 saturated carbocycles. The molecule has 1 saturated heterocycles. The van der Waals surface area contributed by atoms with Crippen molar-refractivity contribution in [2.45, 2.75) is 25.9 Å². The summed E-state index contributed by atoms with van der Waals surface area (Å²) in [4.78, 5) is 13.5. The van der Waals surface area contributed by atoms with Gasteiger partial charge in [0.1, 0.15) is 6.04 Å². The number of esters is 1. The number of nitriles is 1. The van der Waals surface area contributed by atoms with E-state index in [0.717, 1.165) is 6.54 Å². The molecular formula is C10H17N3O2. The summed E-state index contributed by atoms with van der Waals surface area (Å²) in [5, 5.41) is 12.0. The molecule has 1 heterocycles. The van der Waals surface area contributed by atoms with Crippen LogP contribution in [0.3, 0.4) is 0 Å². The lowest BCUT2D eigenvalue weighted by Gasteiger charge is -2.35. The van der Waals surface area contributed by atoms with Crippen LogP contribution in [0.1, 0.15) is 13.8 Å². The molecule has 1 fully saturated rings. The van der Waals surface area contributed by atoms with Gasteiger partial charge in [0.25, 0.3) is 0 Å². The van der Waals surface area contributed by atoms with E-state index in [0.29, 0.717) is 19.7 Å². The molecule has 1 rings (SSSR count). The summed E-state index contributed by atoms with van der Waals surface area (Å²) in [6.07, 6.45) is 0. The molecule has 0 aromatic heterocycles. The highest BCUT2D eigenvalue weighted by molar-refractivity contribution is 5.76. The smallest absolute Gasteiger partial charge is 0.324 e. The van der Waals surface area contributed by atoms with E-state index in [9.17, 15) is 4.79 Å². The van der Waals surface area contributed by atoms with Crippen molar-refractivity contribution in [3.8, 4) is 6.07 Å². The predicted molar refractivity (Wildman–Crippen MR) is 55.1 cm³/mol. The number of nitrogens with zero attached hydrogens (tertiary/aromatic N) is 2. The number of nitrogens with one attached hydrogen (secondary N) is 1. The Balaban J connectivity index is 2.65. The van der Waals surface area contributed by atoms with Crippen LogP contribution < -0.4 is 5.32 Å². The first-order chi connectivity index (χ1) is 7.20. The monoisotopic (exact) mass is 211 g/mol. The van der Waals surface area contributed by atoms with Crippen molar-refractivity contribution in [1.82, 2.24) is 10.2 Å². The van der Waals surface area contributed by atoms with Gasteiger partial charge in [-0.2, -0.15) is 5.26 Å². The summed E-state index contributed by atoms with van der Waals surface area (Å²) >= 11 is 0. The molecule has 1 aliphatic heterocycles. The lowest BCUT2D eigenvalue weighted by molar-refractivity contribution is -0.150. The average Bonchev–Trinajstić information content (AvgIpc) is 2.28. The highest BCUT2D eigenvalue weighted by Crippen LogP contribution is 2.09. The highest BCUT2D eigenvalue weighted by atomic mass is 16.5. The summed E-state index contributed by atoms with van der Waals surface area (Å²) in [6, 6.07) is 1.58. The highest BCUT2D eigenvalue weighted by Gasteiger charge is 2.32. The van der Waals surface area contributed by atoms with Gasteiger partial charge in [-0.15, -0.1) is 0 Å². The van der Waals surface area contributed by atoms with Crippen molar-refractivity contribution < 1.29 is 9.53 Å². The second-order valence-electron chi connectivity index (χ2n) is 3.51. The molecule has 1 aliphatic rings. The van der Waals surface area contributed by atoms with E-state index >= 15 is 0 Å². The molecule has 2 atom stereocenters. The van der Waals surface area contributed by atoms with Crippen LogP contribution in [0.5, 0.6) is 0 Å². The molecular weight excluding hydrogens is 194 g/mol. The maximum absolute atomic E-state index is 11.6. The first-order valence-electron chi connectivity index (χ1n) is 5.23. The molecule has 0 aliphatic carbocycles. The predicted octanol–water partition coefficient (Wildman–Crippen LogP) is -0.265. The van der Waals surface area contributed by atoms with Gasteiger partial charge in [0.15, 0.2) is 0 Å². The number of hydrogen-bond donors (Lipinski definition) is 1. The van der Waals surface area contributed by atoms with Gasteiger partial charge in [-0.05, 0) is 13.8 Å². The lowest BCUT2D eigenvalue weighted by atomic mass is 10.1. The van der Waals surface area contributed by atoms with E-state index in [1.165, 1.54) is 0 Å². The Bertz CT molecular complexity index is 262. The van der Waals surface area contributed by atoms with Crippen molar-refractivity contribution in [3.05, 3.63) is 0 Å². The first-order valence-corrected chi connectivity index (χ1v) is 5.23. The molecule has 15 heavy (non-hydrogen) atoms. The van der Waals surface area contributed by atoms with Gasteiger partial charge in [0.2, 0.25) is 0 Å². The van der Waals surface area contributed by atoms with E-state index in [2.05, 4.69) is 11.4 Å². The molecule has 0 amide bonds. The van der Waals surface area contributed by atoms with E-state index in [4.69, 9.17) is 10.00 Å². The van der Waals surface area contributed by atoms with Gasteiger partial charge in [0, 0.05) is 19.6 Å². The van der Waals surface area contributed by atoms with Crippen LogP contribution in [0.2, 0.25) is 0 Å². The van der Waals surface area contributed by atoms with Crippen molar-refractivity contribution >= 4 is 5.97 Å². The fraction of sp³-hybridized carbons (Fsp3) is 0.800. The first kappa shape index (κ1) is 12.0. The molecule has 2 unspecified atom stereocenters. The molecule has 84 valence electrons. The van der Waals surface area contributed by atoms with Gasteiger partial charge < -0.3 is 10.1 Å². The van der Waals surface area contributed by atoms with Crippen LogP contribution in [-0.4, -0.2) is 49.2 Å². The van der Waals surface area contributed by atoms with E-state index < -0.39 is 0 Å². The van der Waals surface area contributed by atoms with Gasteiger partial charge in [-0.25, -0.2) is 0 Å². The molecule has 5 nitrogen and oxygen atoms in total. The van der Waals surface area contributed by atoms with Crippen LogP contribution in [0, 0.1) is 11.3 Å². The lowest BCUT2D eigenvalue weighted by Crippen LogP contribution is -2.57. The molecule has 0 bridgehead atoms.